The maximum Gasteiger partial charge on any atom is 0.240 e. The van der Waals surface area contributed by atoms with Crippen LogP contribution in [0.1, 0.15) is 18.5 Å². The molecule has 1 heterocycles. The molecule has 0 saturated carbocycles. The van der Waals surface area contributed by atoms with E-state index in [4.69, 9.17) is 11.6 Å². The molecule has 0 aliphatic carbocycles. The van der Waals surface area contributed by atoms with E-state index in [2.05, 4.69) is 15.6 Å². The molecule has 1 aromatic heterocycles. The molecule has 3 aromatic rings. The number of carbonyl (C=O) groups is 1. The molecule has 4 nitrogen and oxygen atoms in total. The highest BCUT2D eigenvalue weighted by Gasteiger charge is 2.12. The van der Waals surface area contributed by atoms with E-state index in [0.29, 0.717) is 15.8 Å². The molecule has 0 fully saturated rings. The number of rotatable bonds is 6. The first-order valence-electron chi connectivity index (χ1n) is 8.02. The normalized spacial score (nSPS) is 12.0. The molecule has 0 bridgehead atoms. The lowest BCUT2D eigenvalue weighted by molar-refractivity contribution is -0.115. The van der Waals surface area contributed by atoms with Crippen molar-refractivity contribution in [1.82, 2.24) is 10.3 Å². The summed E-state index contributed by atoms with van der Waals surface area (Å²) in [6, 6.07) is 13.5. The van der Waals surface area contributed by atoms with E-state index in [0.717, 1.165) is 11.1 Å². The van der Waals surface area contributed by atoms with Crippen molar-refractivity contribution in [2.75, 3.05) is 11.9 Å². The number of hydrogen-bond donors (Lipinski definition) is 2. The van der Waals surface area contributed by atoms with Crippen molar-refractivity contribution in [2.24, 2.45) is 0 Å². The van der Waals surface area contributed by atoms with E-state index >= 15 is 0 Å². The Bertz CT molecular complexity index is 898. The first-order valence-corrected chi connectivity index (χ1v) is 9.28. The van der Waals surface area contributed by atoms with Crippen molar-refractivity contribution in [1.29, 1.82) is 0 Å². The van der Waals surface area contributed by atoms with Gasteiger partial charge >= 0.3 is 0 Å². The van der Waals surface area contributed by atoms with Gasteiger partial charge in [0.2, 0.25) is 5.91 Å². The van der Waals surface area contributed by atoms with Gasteiger partial charge in [0, 0.05) is 22.0 Å². The number of thiazole rings is 1. The maximum atomic E-state index is 13.0. The zero-order valence-corrected chi connectivity index (χ0v) is 15.6. The summed E-state index contributed by atoms with van der Waals surface area (Å²) in [4.78, 5) is 16.5. The third-order valence-corrected chi connectivity index (χ3v) is 4.93. The number of amides is 1. The van der Waals surface area contributed by atoms with E-state index < -0.39 is 0 Å². The van der Waals surface area contributed by atoms with Gasteiger partial charge in [-0.3, -0.25) is 4.79 Å². The minimum absolute atomic E-state index is 0.0551. The molecule has 1 atom stereocenters. The summed E-state index contributed by atoms with van der Waals surface area (Å²) < 4.78 is 13.0. The summed E-state index contributed by atoms with van der Waals surface area (Å²) in [5.41, 5.74) is 2.44. The highest BCUT2D eigenvalue weighted by Crippen LogP contribution is 2.25. The Morgan fingerprint density at radius 1 is 1.23 bits per heavy atom. The van der Waals surface area contributed by atoms with Crippen molar-refractivity contribution in [2.45, 2.75) is 13.0 Å². The predicted octanol–water partition coefficient (Wildman–Crippen LogP) is 4.89. The molecule has 7 heteroatoms. The summed E-state index contributed by atoms with van der Waals surface area (Å²) in [5, 5.41) is 8.89. The number of benzene rings is 2. The highest BCUT2D eigenvalue weighted by molar-refractivity contribution is 7.14. The predicted molar refractivity (Wildman–Crippen MR) is 104 cm³/mol. The molecular weight excluding hydrogens is 373 g/mol. The fourth-order valence-corrected chi connectivity index (χ4v) is 3.47. The third-order valence-electron chi connectivity index (χ3n) is 3.83. The molecule has 0 aliphatic heterocycles. The lowest BCUT2D eigenvalue weighted by Gasteiger charge is -2.15. The number of carbonyl (C=O) groups excluding carboxylic acids is 1. The highest BCUT2D eigenvalue weighted by atomic mass is 35.5. The standard InChI is InChI=1S/C19H17ClFN3OS/c1-12(15-4-2-3-5-16(15)20)22-10-18(25)24-19-23-17(11-26-19)13-6-8-14(21)9-7-13/h2-9,11-12,22H,10H2,1H3,(H,23,24,25)/t12-/m0/s1. The van der Waals surface area contributed by atoms with Crippen LogP contribution in [0, 0.1) is 5.82 Å². The van der Waals surface area contributed by atoms with Crippen LogP contribution in [-0.4, -0.2) is 17.4 Å². The van der Waals surface area contributed by atoms with Gasteiger partial charge < -0.3 is 10.6 Å². The molecule has 0 unspecified atom stereocenters. The Labute approximate surface area is 160 Å². The van der Waals surface area contributed by atoms with Gasteiger partial charge in [-0.15, -0.1) is 11.3 Å². The van der Waals surface area contributed by atoms with Gasteiger partial charge in [0.15, 0.2) is 5.13 Å². The summed E-state index contributed by atoms with van der Waals surface area (Å²) >= 11 is 7.49. The average Bonchev–Trinajstić information content (AvgIpc) is 3.09. The van der Waals surface area contributed by atoms with E-state index in [1.54, 1.807) is 12.1 Å². The van der Waals surface area contributed by atoms with Gasteiger partial charge in [0.1, 0.15) is 5.82 Å². The first-order chi connectivity index (χ1) is 12.5. The van der Waals surface area contributed by atoms with Gasteiger partial charge in [0.25, 0.3) is 0 Å². The smallest absolute Gasteiger partial charge is 0.240 e. The Balaban J connectivity index is 1.55. The zero-order valence-electron chi connectivity index (χ0n) is 14.0. The summed E-state index contributed by atoms with van der Waals surface area (Å²) in [6.07, 6.45) is 0. The molecule has 26 heavy (non-hydrogen) atoms. The first kappa shape index (κ1) is 18.5. The van der Waals surface area contributed by atoms with Crippen LogP contribution in [0.5, 0.6) is 0 Å². The SMILES string of the molecule is C[C@H](NCC(=O)Nc1nc(-c2ccc(F)cc2)cs1)c1ccccc1Cl. The number of hydrogen-bond acceptors (Lipinski definition) is 4. The number of anilines is 1. The number of halogens is 2. The van der Waals surface area contributed by atoms with Gasteiger partial charge in [-0.2, -0.15) is 0 Å². The Hall–Kier alpha value is -2.28. The second-order valence-electron chi connectivity index (χ2n) is 5.72. The van der Waals surface area contributed by atoms with Crippen molar-refractivity contribution in [3.63, 3.8) is 0 Å². The van der Waals surface area contributed by atoms with Crippen LogP contribution in [0.4, 0.5) is 9.52 Å². The van der Waals surface area contributed by atoms with Gasteiger partial charge in [-0.05, 0) is 42.8 Å². The quantitative estimate of drug-likeness (QED) is 0.631. The van der Waals surface area contributed by atoms with Crippen molar-refractivity contribution < 1.29 is 9.18 Å². The molecule has 0 radical (unpaired) electrons. The third kappa shape index (κ3) is 4.66. The minimum atomic E-state index is -0.295. The largest absolute Gasteiger partial charge is 0.302 e. The summed E-state index contributed by atoms with van der Waals surface area (Å²) in [7, 11) is 0. The zero-order chi connectivity index (χ0) is 18.5. The van der Waals surface area contributed by atoms with Gasteiger partial charge in [0.05, 0.1) is 12.2 Å². The fraction of sp³-hybridized carbons (Fsp3) is 0.158. The molecule has 3 rings (SSSR count). The fourth-order valence-electron chi connectivity index (χ4n) is 2.43. The summed E-state index contributed by atoms with van der Waals surface area (Å²) in [5.74, 6) is -0.486. The lowest BCUT2D eigenvalue weighted by Crippen LogP contribution is -2.30. The van der Waals surface area contributed by atoms with Crippen LogP contribution >= 0.6 is 22.9 Å². The van der Waals surface area contributed by atoms with E-state index in [1.165, 1.54) is 23.5 Å². The molecular formula is C19H17ClFN3OS. The Morgan fingerprint density at radius 3 is 2.69 bits per heavy atom. The van der Waals surface area contributed by atoms with Gasteiger partial charge in [-0.1, -0.05) is 29.8 Å². The minimum Gasteiger partial charge on any atom is -0.302 e. The molecule has 1 amide bonds. The maximum absolute atomic E-state index is 13.0. The number of aromatic nitrogens is 1. The van der Waals surface area contributed by atoms with Crippen LogP contribution in [0.25, 0.3) is 11.3 Å². The Morgan fingerprint density at radius 2 is 1.96 bits per heavy atom. The van der Waals surface area contributed by atoms with E-state index in [9.17, 15) is 9.18 Å². The van der Waals surface area contributed by atoms with Crippen molar-refractivity contribution in [3.05, 3.63) is 70.3 Å². The Kier molecular flexibility index (Phi) is 5.98. The number of nitrogens with one attached hydrogen (secondary N) is 2. The van der Waals surface area contributed by atoms with Gasteiger partial charge in [-0.25, -0.2) is 9.37 Å². The average molecular weight is 390 g/mol. The topological polar surface area (TPSA) is 54.0 Å². The van der Waals surface area contributed by atoms with E-state index in [1.807, 2.05) is 36.6 Å². The van der Waals surface area contributed by atoms with Crippen LogP contribution in [0.15, 0.2) is 53.9 Å². The van der Waals surface area contributed by atoms with Crippen LogP contribution in [0.3, 0.4) is 0 Å². The lowest BCUT2D eigenvalue weighted by atomic mass is 10.1. The van der Waals surface area contributed by atoms with E-state index in [-0.39, 0.29) is 24.3 Å². The monoisotopic (exact) mass is 389 g/mol. The number of nitrogens with zero attached hydrogens (tertiary/aromatic N) is 1. The molecule has 0 saturated heterocycles. The van der Waals surface area contributed by atoms with Crippen molar-refractivity contribution in [3.8, 4) is 11.3 Å². The second-order valence-corrected chi connectivity index (χ2v) is 6.98. The molecule has 134 valence electrons. The molecule has 2 aromatic carbocycles. The summed E-state index contributed by atoms with van der Waals surface area (Å²) in [6.45, 7) is 2.09. The molecule has 2 N–H and O–H groups in total. The molecule has 0 aliphatic rings. The van der Waals surface area contributed by atoms with Crippen LogP contribution in [0.2, 0.25) is 5.02 Å². The van der Waals surface area contributed by atoms with Crippen molar-refractivity contribution >= 4 is 34.0 Å². The molecule has 0 spiro atoms. The van der Waals surface area contributed by atoms with Crippen LogP contribution < -0.4 is 10.6 Å². The second kappa shape index (κ2) is 8.40. The van der Waals surface area contributed by atoms with Crippen LogP contribution in [-0.2, 0) is 4.79 Å².